The second kappa shape index (κ2) is 6.11. The van der Waals surface area contributed by atoms with Crippen LogP contribution in [0.5, 0.6) is 0 Å². The monoisotopic (exact) mass is 259 g/mol. The first-order chi connectivity index (χ1) is 7.99. The van der Waals surface area contributed by atoms with Gasteiger partial charge in [-0.1, -0.05) is 17.7 Å². The Labute approximate surface area is 101 Å². The minimum atomic E-state index is -3.63. The Morgan fingerprint density at radius 2 is 1.82 bits per heavy atom. The van der Waals surface area contributed by atoms with Crippen LogP contribution in [0.25, 0.3) is 0 Å². The molecule has 0 fully saturated rings. The van der Waals surface area contributed by atoms with Crippen LogP contribution in [0.2, 0.25) is 0 Å². The van der Waals surface area contributed by atoms with Crippen LogP contribution in [0.1, 0.15) is 12.0 Å². The van der Waals surface area contributed by atoms with Crippen molar-refractivity contribution in [3.8, 4) is 0 Å². The molecule has 0 saturated heterocycles. The van der Waals surface area contributed by atoms with Crippen LogP contribution in [0.15, 0.2) is 29.2 Å². The van der Waals surface area contributed by atoms with Gasteiger partial charge in [0, 0.05) is 12.6 Å². The van der Waals surface area contributed by atoms with Gasteiger partial charge in [-0.05, 0) is 25.5 Å². The van der Waals surface area contributed by atoms with Gasteiger partial charge in [0.25, 0.3) is 0 Å². The predicted molar refractivity (Wildman–Crippen MR) is 64.1 cm³/mol. The van der Waals surface area contributed by atoms with Gasteiger partial charge in [0.05, 0.1) is 11.5 Å². The van der Waals surface area contributed by atoms with Gasteiger partial charge in [-0.25, -0.2) is 13.1 Å². The largest absolute Gasteiger partial charge is 0.396 e. The summed E-state index contributed by atoms with van der Waals surface area (Å²) in [5.74, 6) is 0. The summed E-state index contributed by atoms with van der Waals surface area (Å²) >= 11 is 0. The second-order valence-electron chi connectivity index (χ2n) is 3.83. The lowest BCUT2D eigenvalue weighted by atomic mass is 10.2. The van der Waals surface area contributed by atoms with Gasteiger partial charge >= 0.3 is 0 Å². The van der Waals surface area contributed by atoms with E-state index in [0.29, 0.717) is 0 Å². The van der Waals surface area contributed by atoms with Gasteiger partial charge in [0.1, 0.15) is 0 Å². The molecule has 0 bridgehead atoms. The Bertz CT molecular complexity index is 441. The standard InChI is InChI=1S/C11H17NO4S/c1-9-2-4-11(5-3-9)17(15,16)12-10(8-14)6-7-13/h2-5,10,12-14H,6-8H2,1H3. The highest BCUT2D eigenvalue weighted by Gasteiger charge is 2.18. The molecule has 0 heterocycles. The zero-order valence-electron chi connectivity index (χ0n) is 9.63. The van der Waals surface area contributed by atoms with Crippen LogP contribution < -0.4 is 4.72 Å². The normalized spacial score (nSPS) is 13.6. The van der Waals surface area contributed by atoms with Gasteiger partial charge in [0.15, 0.2) is 0 Å². The Morgan fingerprint density at radius 3 is 2.29 bits per heavy atom. The molecule has 1 aromatic carbocycles. The molecule has 0 aliphatic heterocycles. The van der Waals surface area contributed by atoms with Gasteiger partial charge in [-0.3, -0.25) is 0 Å². The fraction of sp³-hybridized carbons (Fsp3) is 0.455. The highest BCUT2D eigenvalue weighted by atomic mass is 32.2. The van der Waals surface area contributed by atoms with E-state index < -0.39 is 16.1 Å². The lowest BCUT2D eigenvalue weighted by Gasteiger charge is -2.15. The number of hydrogen-bond donors (Lipinski definition) is 3. The fourth-order valence-corrected chi connectivity index (χ4v) is 2.61. The zero-order chi connectivity index (χ0) is 12.9. The smallest absolute Gasteiger partial charge is 0.240 e. The van der Waals surface area contributed by atoms with Crippen molar-refractivity contribution >= 4 is 10.0 Å². The average Bonchev–Trinajstić information content (AvgIpc) is 2.28. The third-order valence-electron chi connectivity index (χ3n) is 2.35. The van der Waals surface area contributed by atoms with Gasteiger partial charge in [-0.15, -0.1) is 0 Å². The molecular weight excluding hydrogens is 242 g/mol. The van der Waals surface area contributed by atoms with E-state index in [1.807, 2.05) is 6.92 Å². The van der Waals surface area contributed by atoms with Crippen molar-refractivity contribution in [2.24, 2.45) is 0 Å². The maximum Gasteiger partial charge on any atom is 0.240 e. The minimum absolute atomic E-state index is 0.152. The van der Waals surface area contributed by atoms with Gasteiger partial charge in [0.2, 0.25) is 10.0 Å². The molecule has 0 saturated carbocycles. The van der Waals surface area contributed by atoms with Crippen molar-refractivity contribution in [3.05, 3.63) is 29.8 Å². The van der Waals surface area contributed by atoms with E-state index in [2.05, 4.69) is 4.72 Å². The van der Waals surface area contributed by atoms with E-state index in [4.69, 9.17) is 10.2 Å². The number of aliphatic hydroxyl groups excluding tert-OH is 2. The molecule has 0 aromatic heterocycles. The van der Waals surface area contributed by atoms with Crippen molar-refractivity contribution in [2.45, 2.75) is 24.3 Å². The maximum atomic E-state index is 11.9. The van der Waals surface area contributed by atoms with Crippen LogP contribution in [0.4, 0.5) is 0 Å². The van der Waals surface area contributed by atoms with Gasteiger partial charge in [-0.2, -0.15) is 0 Å². The zero-order valence-corrected chi connectivity index (χ0v) is 10.4. The van der Waals surface area contributed by atoms with Crippen molar-refractivity contribution in [1.29, 1.82) is 0 Å². The number of rotatable bonds is 6. The number of aliphatic hydroxyl groups is 2. The first-order valence-electron chi connectivity index (χ1n) is 5.30. The minimum Gasteiger partial charge on any atom is -0.396 e. The SMILES string of the molecule is Cc1ccc(S(=O)(=O)NC(CO)CCO)cc1. The first-order valence-corrected chi connectivity index (χ1v) is 6.78. The highest BCUT2D eigenvalue weighted by molar-refractivity contribution is 7.89. The van der Waals surface area contributed by atoms with Crippen LogP contribution in [0.3, 0.4) is 0 Å². The number of benzene rings is 1. The molecule has 17 heavy (non-hydrogen) atoms. The molecule has 5 nitrogen and oxygen atoms in total. The highest BCUT2D eigenvalue weighted by Crippen LogP contribution is 2.10. The van der Waals surface area contributed by atoms with Crippen molar-refractivity contribution < 1.29 is 18.6 Å². The van der Waals surface area contributed by atoms with E-state index in [9.17, 15) is 8.42 Å². The predicted octanol–water partition coefficient (Wildman–Crippen LogP) is 0.0166. The van der Waals surface area contributed by atoms with E-state index in [1.54, 1.807) is 12.1 Å². The fourth-order valence-electron chi connectivity index (χ4n) is 1.35. The summed E-state index contributed by atoms with van der Waals surface area (Å²) in [5.41, 5.74) is 0.970. The Balaban J connectivity index is 2.84. The summed E-state index contributed by atoms with van der Waals surface area (Å²) < 4.78 is 26.1. The van der Waals surface area contributed by atoms with Gasteiger partial charge < -0.3 is 10.2 Å². The number of sulfonamides is 1. The van der Waals surface area contributed by atoms with Crippen LogP contribution in [-0.4, -0.2) is 37.9 Å². The summed E-state index contributed by atoms with van der Waals surface area (Å²) in [4.78, 5) is 0.152. The van der Waals surface area contributed by atoms with Crippen molar-refractivity contribution in [3.63, 3.8) is 0 Å². The molecule has 0 radical (unpaired) electrons. The third kappa shape index (κ3) is 4.08. The van der Waals surface area contributed by atoms with E-state index in [1.165, 1.54) is 12.1 Å². The molecule has 0 aliphatic carbocycles. The van der Waals surface area contributed by atoms with Crippen LogP contribution in [-0.2, 0) is 10.0 Å². The molecule has 0 amide bonds. The number of nitrogens with one attached hydrogen (secondary N) is 1. The lowest BCUT2D eigenvalue weighted by molar-refractivity contribution is 0.213. The number of hydrogen-bond acceptors (Lipinski definition) is 4. The lowest BCUT2D eigenvalue weighted by Crippen LogP contribution is -2.38. The molecule has 6 heteroatoms. The molecule has 0 spiro atoms. The second-order valence-corrected chi connectivity index (χ2v) is 5.54. The topological polar surface area (TPSA) is 86.6 Å². The first kappa shape index (κ1) is 14.1. The van der Waals surface area contributed by atoms with E-state index in [-0.39, 0.29) is 24.5 Å². The molecule has 1 aromatic rings. The molecule has 0 aliphatic rings. The third-order valence-corrected chi connectivity index (χ3v) is 3.89. The van der Waals surface area contributed by atoms with Crippen LogP contribution >= 0.6 is 0 Å². The summed E-state index contributed by atoms with van der Waals surface area (Å²) in [6.07, 6.45) is 0.182. The molecular formula is C11H17NO4S. The number of aryl methyl sites for hydroxylation is 1. The molecule has 1 atom stereocenters. The Hall–Kier alpha value is -0.950. The molecule has 1 rings (SSSR count). The molecule has 1 unspecified atom stereocenters. The average molecular weight is 259 g/mol. The quantitative estimate of drug-likeness (QED) is 0.672. The summed E-state index contributed by atoms with van der Waals surface area (Å²) in [6, 6.07) is 5.76. The molecule has 96 valence electrons. The maximum absolute atomic E-state index is 11.9. The van der Waals surface area contributed by atoms with E-state index >= 15 is 0 Å². The summed E-state index contributed by atoms with van der Waals surface area (Å²) in [5, 5.41) is 17.7. The Morgan fingerprint density at radius 1 is 1.24 bits per heavy atom. The summed E-state index contributed by atoms with van der Waals surface area (Å²) in [6.45, 7) is 1.35. The van der Waals surface area contributed by atoms with Crippen LogP contribution in [0, 0.1) is 6.92 Å². The molecule has 3 N–H and O–H groups in total. The van der Waals surface area contributed by atoms with Crippen molar-refractivity contribution in [1.82, 2.24) is 4.72 Å². The summed E-state index contributed by atoms with van der Waals surface area (Å²) in [7, 11) is -3.63. The van der Waals surface area contributed by atoms with E-state index in [0.717, 1.165) is 5.56 Å². The van der Waals surface area contributed by atoms with Crippen molar-refractivity contribution in [2.75, 3.05) is 13.2 Å². The Kier molecular flexibility index (Phi) is 5.07.